The van der Waals surface area contributed by atoms with E-state index in [2.05, 4.69) is 25.8 Å². The number of hydrogen-bond donors (Lipinski definition) is 1. The van der Waals surface area contributed by atoms with Gasteiger partial charge in [-0.15, -0.1) is 0 Å². The normalized spacial score (nSPS) is 11.4. The van der Waals surface area contributed by atoms with Gasteiger partial charge in [0.1, 0.15) is 0 Å². The highest BCUT2D eigenvalue weighted by atomic mass is 35.5. The molecule has 0 aromatic heterocycles. The average Bonchev–Trinajstić information content (AvgIpc) is 2.25. The van der Waals surface area contributed by atoms with Gasteiger partial charge in [0, 0.05) is 23.3 Å². The molecule has 2 N–H and O–H groups in total. The smallest absolute Gasteiger partial charge is 0.0452 e. The average molecular weight is 241 g/mol. The van der Waals surface area contributed by atoms with E-state index in [1.54, 1.807) is 0 Å². The quantitative estimate of drug-likeness (QED) is 0.798. The fourth-order valence-corrected chi connectivity index (χ4v) is 2.20. The Labute approximate surface area is 103 Å². The number of nitrogen functional groups attached to an aromatic ring is 1. The van der Waals surface area contributed by atoms with E-state index >= 15 is 0 Å². The molecule has 2 nitrogen and oxygen atoms in total. The Bertz CT molecular complexity index is 335. The summed E-state index contributed by atoms with van der Waals surface area (Å²) in [4.78, 5) is 2.33. The summed E-state index contributed by atoms with van der Waals surface area (Å²) in [5.41, 5.74) is 7.65. The van der Waals surface area contributed by atoms with Gasteiger partial charge >= 0.3 is 0 Å². The number of rotatable bonds is 5. The predicted molar refractivity (Wildman–Crippen MR) is 71.7 cm³/mol. The van der Waals surface area contributed by atoms with Crippen LogP contribution in [0.1, 0.15) is 32.3 Å². The lowest BCUT2D eigenvalue weighted by Crippen LogP contribution is -2.30. The van der Waals surface area contributed by atoms with Crippen LogP contribution in [0.4, 0.5) is 5.69 Å². The van der Waals surface area contributed by atoms with Crippen LogP contribution < -0.4 is 5.73 Å². The Hall–Kier alpha value is -0.730. The third-order valence-electron chi connectivity index (χ3n) is 3.06. The summed E-state index contributed by atoms with van der Waals surface area (Å²) in [7, 11) is 2.14. The van der Waals surface area contributed by atoms with Crippen molar-refractivity contribution in [2.45, 2.75) is 39.3 Å². The molecule has 90 valence electrons. The van der Waals surface area contributed by atoms with E-state index in [1.165, 1.54) is 0 Å². The SMILES string of the molecule is CCC(CC)N(C)Cc1cc(N)ccc1Cl. The largest absolute Gasteiger partial charge is 0.399 e. The Balaban J connectivity index is 2.75. The zero-order chi connectivity index (χ0) is 12.1. The summed E-state index contributed by atoms with van der Waals surface area (Å²) >= 11 is 6.15. The molecular formula is C13H21ClN2. The molecule has 0 heterocycles. The first-order chi connectivity index (χ1) is 7.58. The van der Waals surface area contributed by atoms with Gasteiger partial charge in [-0.2, -0.15) is 0 Å². The molecule has 16 heavy (non-hydrogen) atoms. The van der Waals surface area contributed by atoms with E-state index in [4.69, 9.17) is 17.3 Å². The first-order valence-electron chi connectivity index (χ1n) is 5.82. The molecule has 0 aliphatic carbocycles. The van der Waals surface area contributed by atoms with Crippen molar-refractivity contribution < 1.29 is 0 Å². The highest BCUT2D eigenvalue weighted by Gasteiger charge is 2.12. The Morgan fingerprint density at radius 1 is 1.31 bits per heavy atom. The molecule has 3 heteroatoms. The molecule has 0 unspecified atom stereocenters. The van der Waals surface area contributed by atoms with Gasteiger partial charge in [0.05, 0.1) is 0 Å². The number of hydrogen-bond acceptors (Lipinski definition) is 2. The lowest BCUT2D eigenvalue weighted by Gasteiger charge is -2.26. The van der Waals surface area contributed by atoms with Gasteiger partial charge in [0.2, 0.25) is 0 Å². The Morgan fingerprint density at radius 3 is 2.50 bits per heavy atom. The van der Waals surface area contributed by atoms with Gasteiger partial charge in [-0.05, 0) is 43.7 Å². The second kappa shape index (κ2) is 6.12. The molecule has 0 saturated heterocycles. The van der Waals surface area contributed by atoms with Crippen molar-refractivity contribution in [1.29, 1.82) is 0 Å². The van der Waals surface area contributed by atoms with Crippen LogP contribution in [-0.2, 0) is 6.54 Å². The first kappa shape index (κ1) is 13.3. The maximum atomic E-state index is 6.15. The van der Waals surface area contributed by atoms with Crippen LogP contribution in [0.25, 0.3) is 0 Å². The molecular weight excluding hydrogens is 220 g/mol. The molecule has 0 aliphatic heterocycles. The molecule has 1 rings (SSSR count). The zero-order valence-electron chi connectivity index (χ0n) is 10.3. The summed E-state index contributed by atoms with van der Waals surface area (Å²) in [6.45, 7) is 5.29. The minimum Gasteiger partial charge on any atom is -0.399 e. The second-order valence-corrected chi connectivity index (χ2v) is 4.64. The molecule has 0 bridgehead atoms. The maximum Gasteiger partial charge on any atom is 0.0452 e. The van der Waals surface area contributed by atoms with E-state index < -0.39 is 0 Å². The first-order valence-corrected chi connectivity index (χ1v) is 6.20. The minimum absolute atomic E-state index is 0.609. The van der Waals surface area contributed by atoms with Gasteiger partial charge < -0.3 is 5.73 Å². The van der Waals surface area contributed by atoms with E-state index in [-0.39, 0.29) is 0 Å². The molecule has 1 aromatic rings. The number of nitrogens with two attached hydrogens (primary N) is 1. The monoisotopic (exact) mass is 240 g/mol. The third kappa shape index (κ3) is 3.39. The number of halogens is 1. The number of anilines is 1. The van der Waals surface area contributed by atoms with Gasteiger partial charge in [-0.1, -0.05) is 25.4 Å². The van der Waals surface area contributed by atoms with Crippen LogP contribution in [0.3, 0.4) is 0 Å². The highest BCUT2D eigenvalue weighted by Crippen LogP contribution is 2.21. The summed E-state index contributed by atoms with van der Waals surface area (Å²) in [6.07, 6.45) is 2.32. The van der Waals surface area contributed by atoms with E-state index in [0.717, 1.165) is 35.7 Å². The molecule has 0 fully saturated rings. The standard InChI is InChI=1S/C13H21ClN2/c1-4-12(5-2)16(3)9-10-8-11(15)6-7-13(10)14/h6-8,12H,4-5,9,15H2,1-3H3. The third-order valence-corrected chi connectivity index (χ3v) is 3.42. The fourth-order valence-electron chi connectivity index (χ4n) is 2.03. The van der Waals surface area contributed by atoms with Crippen molar-refractivity contribution in [3.8, 4) is 0 Å². The molecule has 0 aliphatic rings. The van der Waals surface area contributed by atoms with Crippen LogP contribution in [0.15, 0.2) is 18.2 Å². The molecule has 0 spiro atoms. The highest BCUT2D eigenvalue weighted by molar-refractivity contribution is 6.31. The van der Waals surface area contributed by atoms with E-state index in [0.29, 0.717) is 6.04 Å². The van der Waals surface area contributed by atoms with Crippen molar-refractivity contribution in [3.63, 3.8) is 0 Å². The molecule has 1 aromatic carbocycles. The topological polar surface area (TPSA) is 29.3 Å². The summed E-state index contributed by atoms with van der Waals surface area (Å²) < 4.78 is 0. The van der Waals surface area contributed by atoms with Crippen molar-refractivity contribution >= 4 is 17.3 Å². The summed E-state index contributed by atoms with van der Waals surface area (Å²) in [6, 6.07) is 6.27. The Kier molecular flexibility index (Phi) is 5.10. The van der Waals surface area contributed by atoms with Gasteiger partial charge in [0.15, 0.2) is 0 Å². The van der Waals surface area contributed by atoms with Crippen LogP contribution >= 0.6 is 11.6 Å². The Morgan fingerprint density at radius 2 is 1.94 bits per heavy atom. The lowest BCUT2D eigenvalue weighted by molar-refractivity contribution is 0.222. The summed E-state index contributed by atoms with van der Waals surface area (Å²) in [5, 5.41) is 0.798. The van der Waals surface area contributed by atoms with Crippen molar-refractivity contribution in [3.05, 3.63) is 28.8 Å². The van der Waals surface area contributed by atoms with E-state index in [1.807, 2.05) is 18.2 Å². The van der Waals surface area contributed by atoms with Crippen molar-refractivity contribution in [1.82, 2.24) is 4.90 Å². The maximum absolute atomic E-state index is 6.15. The van der Waals surface area contributed by atoms with Gasteiger partial charge in [-0.3, -0.25) is 4.90 Å². The number of benzene rings is 1. The molecule has 0 saturated carbocycles. The molecule has 0 amide bonds. The number of nitrogens with zero attached hydrogens (tertiary/aromatic N) is 1. The summed E-state index contributed by atoms with van der Waals surface area (Å²) in [5.74, 6) is 0. The molecule has 0 atom stereocenters. The fraction of sp³-hybridized carbons (Fsp3) is 0.538. The van der Waals surface area contributed by atoms with Crippen LogP contribution in [-0.4, -0.2) is 18.0 Å². The lowest BCUT2D eigenvalue weighted by atomic mass is 10.1. The van der Waals surface area contributed by atoms with Gasteiger partial charge in [-0.25, -0.2) is 0 Å². The van der Waals surface area contributed by atoms with Crippen molar-refractivity contribution in [2.75, 3.05) is 12.8 Å². The van der Waals surface area contributed by atoms with Crippen LogP contribution in [0.2, 0.25) is 5.02 Å². The van der Waals surface area contributed by atoms with E-state index in [9.17, 15) is 0 Å². The second-order valence-electron chi connectivity index (χ2n) is 4.24. The van der Waals surface area contributed by atoms with Crippen LogP contribution in [0.5, 0.6) is 0 Å². The predicted octanol–water partition coefficient (Wildman–Crippen LogP) is 3.54. The van der Waals surface area contributed by atoms with Crippen LogP contribution in [0, 0.1) is 0 Å². The molecule has 0 radical (unpaired) electrons. The van der Waals surface area contributed by atoms with Crippen molar-refractivity contribution in [2.24, 2.45) is 0 Å². The zero-order valence-corrected chi connectivity index (χ0v) is 11.1. The minimum atomic E-state index is 0.609. The van der Waals surface area contributed by atoms with Gasteiger partial charge in [0.25, 0.3) is 0 Å².